The van der Waals surface area contributed by atoms with Crippen LogP contribution in [0.15, 0.2) is 59.6 Å². The summed E-state index contributed by atoms with van der Waals surface area (Å²) in [6.07, 6.45) is 1.87. The van der Waals surface area contributed by atoms with Gasteiger partial charge in [0, 0.05) is 38.4 Å². The van der Waals surface area contributed by atoms with Crippen molar-refractivity contribution in [1.82, 2.24) is 16.0 Å². The summed E-state index contributed by atoms with van der Waals surface area (Å²) in [4.78, 5) is 18.7. The summed E-state index contributed by atoms with van der Waals surface area (Å²) in [6.45, 7) is 4.88. The Balaban J connectivity index is 1.37. The summed E-state index contributed by atoms with van der Waals surface area (Å²) < 4.78 is 0. The highest BCUT2D eigenvalue weighted by Crippen LogP contribution is 2.20. The quantitative estimate of drug-likeness (QED) is 0.498. The largest absolute Gasteiger partial charge is 0.369 e. The Kier molecular flexibility index (Phi) is 7.50. The molecule has 2 aromatic rings. The molecule has 1 fully saturated rings. The van der Waals surface area contributed by atoms with E-state index < -0.39 is 0 Å². The third-order valence-corrected chi connectivity index (χ3v) is 5.15. The lowest BCUT2D eigenvalue weighted by Crippen LogP contribution is -2.47. The zero-order valence-electron chi connectivity index (χ0n) is 17.3. The molecule has 1 aliphatic heterocycles. The fourth-order valence-electron chi connectivity index (χ4n) is 3.47. The number of rotatable bonds is 7. The molecular formula is C23H31N5O. The normalized spacial score (nSPS) is 16.6. The van der Waals surface area contributed by atoms with Crippen LogP contribution in [-0.2, 0) is 11.2 Å². The summed E-state index contributed by atoms with van der Waals surface area (Å²) in [5, 5.41) is 9.49. The molecule has 0 aliphatic carbocycles. The minimum absolute atomic E-state index is 0.0309. The van der Waals surface area contributed by atoms with E-state index in [-0.39, 0.29) is 12.5 Å². The van der Waals surface area contributed by atoms with Crippen LogP contribution in [0.3, 0.4) is 0 Å². The number of hydrogen-bond acceptors (Lipinski definition) is 3. The average molecular weight is 394 g/mol. The molecule has 0 bridgehead atoms. The van der Waals surface area contributed by atoms with Gasteiger partial charge in [-0.1, -0.05) is 48.0 Å². The molecule has 1 amide bonds. The number of amides is 1. The molecule has 0 radical (unpaired) electrons. The Morgan fingerprint density at radius 1 is 1.10 bits per heavy atom. The zero-order chi connectivity index (χ0) is 20.5. The molecule has 1 atom stereocenters. The summed E-state index contributed by atoms with van der Waals surface area (Å²) in [6, 6.07) is 19.1. The summed E-state index contributed by atoms with van der Waals surface area (Å²) in [5.41, 5.74) is 3.74. The summed E-state index contributed by atoms with van der Waals surface area (Å²) >= 11 is 0. The number of anilines is 1. The van der Waals surface area contributed by atoms with E-state index in [1.54, 1.807) is 7.05 Å². The highest BCUT2D eigenvalue weighted by Gasteiger charge is 2.23. The van der Waals surface area contributed by atoms with Gasteiger partial charge >= 0.3 is 0 Å². The lowest BCUT2D eigenvalue weighted by Gasteiger charge is -2.20. The van der Waals surface area contributed by atoms with E-state index in [1.165, 1.54) is 16.8 Å². The van der Waals surface area contributed by atoms with E-state index >= 15 is 0 Å². The molecule has 0 spiro atoms. The van der Waals surface area contributed by atoms with E-state index in [1.807, 2.05) is 18.2 Å². The van der Waals surface area contributed by atoms with Crippen LogP contribution in [-0.4, -0.2) is 51.1 Å². The average Bonchev–Trinajstić information content (AvgIpc) is 3.21. The highest BCUT2D eigenvalue weighted by molar-refractivity contribution is 5.86. The number of nitrogens with one attached hydrogen (secondary N) is 3. The van der Waals surface area contributed by atoms with Crippen LogP contribution in [0.25, 0.3) is 0 Å². The monoisotopic (exact) mass is 393 g/mol. The van der Waals surface area contributed by atoms with Crippen molar-refractivity contribution in [2.24, 2.45) is 4.99 Å². The van der Waals surface area contributed by atoms with Crippen molar-refractivity contribution in [2.75, 3.05) is 38.1 Å². The summed E-state index contributed by atoms with van der Waals surface area (Å²) in [5.74, 6) is 0.635. The predicted molar refractivity (Wildman–Crippen MR) is 119 cm³/mol. The minimum atomic E-state index is -0.0309. The van der Waals surface area contributed by atoms with Crippen molar-refractivity contribution >= 4 is 17.6 Å². The molecule has 1 unspecified atom stereocenters. The molecule has 6 heteroatoms. The number of hydrogen-bond donors (Lipinski definition) is 3. The third kappa shape index (κ3) is 6.52. The number of guanidine groups is 1. The minimum Gasteiger partial charge on any atom is -0.369 e. The molecular weight excluding hydrogens is 362 g/mol. The molecule has 6 nitrogen and oxygen atoms in total. The van der Waals surface area contributed by atoms with Crippen LogP contribution in [0, 0.1) is 6.92 Å². The molecule has 154 valence electrons. The van der Waals surface area contributed by atoms with Gasteiger partial charge in [-0.05, 0) is 37.5 Å². The Bertz CT molecular complexity index is 804. The van der Waals surface area contributed by atoms with Crippen LogP contribution in [0.1, 0.15) is 17.5 Å². The van der Waals surface area contributed by atoms with Gasteiger partial charge in [0.15, 0.2) is 5.96 Å². The first-order chi connectivity index (χ1) is 14.1. The second kappa shape index (κ2) is 10.5. The Hall–Kier alpha value is -3.02. The van der Waals surface area contributed by atoms with Gasteiger partial charge in [-0.25, -0.2) is 0 Å². The Labute approximate surface area is 173 Å². The van der Waals surface area contributed by atoms with Crippen LogP contribution in [0.5, 0.6) is 0 Å². The van der Waals surface area contributed by atoms with Crippen molar-refractivity contribution in [1.29, 1.82) is 0 Å². The van der Waals surface area contributed by atoms with Crippen LogP contribution in [0.2, 0.25) is 0 Å². The maximum absolute atomic E-state index is 12.1. The molecule has 1 saturated heterocycles. The second-order valence-corrected chi connectivity index (χ2v) is 7.42. The van der Waals surface area contributed by atoms with Gasteiger partial charge in [0.1, 0.15) is 0 Å². The van der Waals surface area contributed by atoms with Gasteiger partial charge in [0.2, 0.25) is 5.91 Å². The van der Waals surface area contributed by atoms with Gasteiger partial charge in [-0.3, -0.25) is 9.79 Å². The lowest BCUT2D eigenvalue weighted by atomic mass is 10.1. The Morgan fingerprint density at radius 2 is 1.86 bits per heavy atom. The number of aryl methyl sites for hydroxylation is 1. The van der Waals surface area contributed by atoms with E-state index in [9.17, 15) is 4.79 Å². The van der Waals surface area contributed by atoms with Crippen LogP contribution < -0.4 is 20.9 Å². The topological polar surface area (TPSA) is 68.8 Å². The van der Waals surface area contributed by atoms with Crippen molar-refractivity contribution in [2.45, 2.75) is 25.8 Å². The fourth-order valence-corrected chi connectivity index (χ4v) is 3.47. The van der Waals surface area contributed by atoms with E-state index in [4.69, 9.17) is 0 Å². The van der Waals surface area contributed by atoms with Crippen molar-refractivity contribution in [3.63, 3.8) is 0 Å². The first-order valence-electron chi connectivity index (χ1n) is 10.2. The molecule has 0 aromatic heterocycles. The van der Waals surface area contributed by atoms with Crippen molar-refractivity contribution in [3.05, 3.63) is 65.7 Å². The molecule has 1 aliphatic rings. The van der Waals surface area contributed by atoms with E-state index in [2.05, 4.69) is 69.2 Å². The van der Waals surface area contributed by atoms with Crippen LogP contribution in [0.4, 0.5) is 5.69 Å². The van der Waals surface area contributed by atoms with Gasteiger partial charge in [0.05, 0.1) is 6.54 Å². The SMILES string of the molecule is CN=C(NCC(=O)NCCc1ccccc1)NC1CCN(c2ccc(C)cc2)C1. The molecule has 3 rings (SSSR count). The van der Waals surface area contributed by atoms with Gasteiger partial charge < -0.3 is 20.9 Å². The number of nitrogens with zero attached hydrogens (tertiary/aromatic N) is 2. The van der Waals surface area contributed by atoms with Gasteiger partial charge in [0.25, 0.3) is 0 Å². The van der Waals surface area contributed by atoms with Gasteiger partial charge in [-0.15, -0.1) is 0 Å². The van der Waals surface area contributed by atoms with Crippen LogP contribution >= 0.6 is 0 Å². The Morgan fingerprint density at radius 3 is 2.59 bits per heavy atom. The van der Waals surface area contributed by atoms with E-state index in [0.717, 1.165) is 25.9 Å². The first kappa shape index (κ1) is 20.7. The fraction of sp³-hybridized carbons (Fsp3) is 0.391. The third-order valence-electron chi connectivity index (χ3n) is 5.15. The van der Waals surface area contributed by atoms with Gasteiger partial charge in [-0.2, -0.15) is 0 Å². The molecule has 29 heavy (non-hydrogen) atoms. The molecule has 2 aromatic carbocycles. The molecule has 1 heterocycles. The number of benzene rings is 2. The number of carbonyl (C=O) groups excluding carboxylic acids is 1. The molecule has 3 N–H and O–H groups in total. The summed E-state index contributed by atoms with van der Waals surface area (Å²) in [7, 11) is 1.73. The maximum atomic E-state index is 12.1. The smallest absolute Gasteiger partial charge is 0.239 e. The zero-order valence-corrected chi connectivity index (χ0v) is 17.3. The number of aliphatic imine (C=N–C) groups is 1. The first-order valence-corrected chi connectivity index (χ1v) is 10.2. The van der Waals surface area contributed by atoms with Crippen molar-refractivity contribution in [3.8, 4) is 0 Å². The highest BCUT2D eigenvalue weighted by atomic mass is 16.1. The number of carbonyl (C=O) groups is 1. The second-order valence-electron chi connectivity index (χ2n) is 7.42. The van der Waals surface area contributed by atoms with Crippen molar-refractivity contribution < 1.29 is 4.79 Å². The standard InChI is InChI=1S/C23H31N5O/c1-18-8-10-21(11-9-18)28-15-13-20(17-28)27-23(24-2)26-16-22(29)25-14-12-19-6-4-3-5-7-19/h3-11,20H,12-17H2,1-2H3,(H,25,29)(H2,24,26,27). The maximum Gasteiger partial charge on any atom is 0.239 e. The molecule has 0 saturated carbocycles. The lowest BCUT2D eigenvalue weighted by molar-refractivity contribution is -0.119. The van der Waals surface area contributed by atoms with E-state index in [0.29, 0.717) is 18.5 Å². The predicted octanol–water partition coefficient (Wildman–Crippen LogP) is 2.10.